The lowest BCUT2D eigenvalue weighted by atomic mass is 10.0. The zero-order chi connectivity index (χ0) is 15.7. The van der Waals surface area contributed by atoms with Crippen molar-refractivity contribution in [2.24, 2.45) is 0 Å². The maximum atomic E-state index is 11.3. The summed E-state index contributed by atoms with van der Waals surface area (Å²) in [5, 5.41) is 19.1. The predicted octanol–water partition coefficient (Wildman–Crippen LogP) is 2.68. The first-order valence-corrected chi connectivity index (χ1v) is 9.86. The normalized spacial score (nSPS) is 24.6. The number of β-amino-alcohol motifs (C(OH)–C–C–N with tert-alkyl or cyclic N) is 1. The van der Waals surface area contributed by atoms with Gasteiger partial charge in [0.25, 0.3) is 0 Å². The Bertz CT molecular complexity index is 400. The molecular formula is C14H27NO4Si. The molecule has 0 radical (unpaired) electrons. The second-order valence-electron chi connectivity index (χ2n) is 7.00. The predicted molar refractivity (Wildman–Crippen MR) is 81.4 cm³/mol. The number of aliphatic hydroxyl groups is 1. The van der Waals surface area contributed by atoms with Crippen molar-refractivity contribution in [3.05, 3.63) is 11.6 Å². The molecule has 0 aromatic heterocycles. The van der Waals surface area contributed by atoms with Gasteiger partial charge in [0.2, 0.25) is 0 Å². The van der Waals surface area contributed by atoms with Gasteiger partial charge in [0.15, 0.2) is 8.32 Å². The van der Waals surface area contributed by atoms with E-state index in [0.29, 0.717) is 6.61 Å². The van der Waals surface area contributed by atoms with Gasteiger partial charge in [0.05, 0.1) is 25.3 Å². The van der Waals surface area contributed by atoms with Crippen LogP contribution >= 0.6 is 0 Å². The number of rotatable bonds is 3. The molecule has 0 saturated carbocycles. The molecule has 5 nitrogen and oxygen atoms in total. The zero-order valence-electron chi connectivity index (χ0n) is 13.3. The van der Waals surface area contributed by atoms with Gasteiger partial charge in [-0.25, -0.2) is 4.79 Å². The quantitative estimate of drug-likeness (QED) is 0.621. The number of carboxylic acid groups (broad SMARTS) is 1. The topological polar surface area (TPSA) is 70.0 Å². The van der Waals surface area contributed by atoms with Gasteiger partial charge in [0.1, 0.15) is 0 Å². The maximum absolute atomic E-state index is 11.3. The van der Waals surface area contributed by atoms with E-state index in [1.165, 1.54) is 4.90 Å². The molecule has 0 fully saturated rings. The van der Waals surface area contributed by atoms with E-state index in [2.05, 4.69) is 33.9 Å². The van der Waals surface area contributed by atoms with Crippen molar-refractivity contribution in [2.45, 2.75) is 58.0 Å². The highest BCUT2D eigenvalue weighted by Gasteiger charge is 2.39. The lowest BCUT2D eigenvalue weighted by Crippen LogP contribution is -2.51. The molecule has 0 aromatic carbocycles. The van der Waals surface area contributed by atoms with Crippen molar-refractivity contribution in [1.82, 2.24) is 4.90 Å². The summed E-state index contributed by atoms with van der Waals surface area (Å²) in [7, 11) is -1.90. The molecule has 0 aliphatic carbocycles. The van der Waals surface area contributed by atoms with E-state index in [1.54, 1.807) is 6.08 Å². The van der Waals surface area contributed by atoms with Crippen molar-refractivity contribution >= 4 is 14.4 Å². The Balaban J connectivity index is 2.81. The third kappa shape index (κ3) is 3.83. The number of aliphatic hydroxyl groups excluding tert-OH is 1. The van der Waals surface area contributed by atoms with E-state index < -0.39 is 20.5 Å². The van der Waals surface area contributed by atoms with Crippen LogP contribution in [0.2, 0.25) is 18.1 Å². The van der Waals surface area contributed by atoms with Gasteiger partial charge in [-0.1, -0.05) is 26.8 Å². The molecule has 0 bridgehead atoms. The average molecular weight is 301 g/mol. The van der Waals surface area contributed by atoms with E-state index in [4.69, 9.17) is 4.43 Å². The van der Waals surface area contributed by atoms with Crippen molar-refractivity contribution in [2.75, 3.05) is 13.2 Å². The third-order valence-electron chi connectivity index (χ3n) is 4.42. The summed E-state index contributed by atoms with van der Waals surface area (Å²) in [6, 6.07) is -0.315. The summed E-state index contributed by atoms with van der Waals surface area (Å²) >= 11 is 0. The lowest BCUT2D eigenvalue weighted by molar-refractivity contribution is 0.0732. The summed E-state index contributed by atoms with van der Waals surface area (Å²) in [6.07, 6.45) is 0.0713. The minimum atomic E-state index is -1.90. The molecule has 116 valence electrons. The minimum absolute atomic E-state index is 0.0913. The van der Waals surface area contributed by atoms with E-state index in [0.717, 1.165) is 5.57 Å². The van der Waals surface area contributed by atoms with Crippen LogP contribution in [0.5, 0.6) is 0 Å². The lowest BCUT2D eigenvalue weighted by Gasteiger charge is -2.40. The van der Waals surface area contributed by atoms with E-state index >= 15 is 0 Å². The van der Waals surface area contributed by atoms with Crippen molar-refractivity contribution in [3.63, 3.8) is 0 Å². The van der Waals surface area contributed by atoms with Gasteiger partial charge in [-0.3, -0.25) is 4.90 Å². The first-order valence-electron chi connectivity index (χ1n) is 6.95. The highest BCUT2D eigenvalue weighted by Crippen LogP contribution is 2.36. The van der Waals surface area contributed by atoms with Gasteiger partial charge in [0, 0.05) is 0 Å². The molecule has 1 aliphatic heterocycles. The monoisotopic (exact) mass is 301 g/mol. The van der Waals surface area contributed by atoms with Gasteiger partial charge in [-0.15, -0.1) is 0 Å². The SMILES string of the molecule is CC1=C[C@@H](CO[Si](C)(C)C(C)(C)C)N(C(=O)O)C[C@H]1O. The molecule has 20 heavy (non-hydrogen) atoms. The Labute approximate surface area is 122 Å². The first-order chi connectivity index (χ1) is 8.95. The van der Waals surface area contributed by atoms with Crippen LogP contribution in [0.4, 0.5) is 4.79 Å². The van der Waals surface area contributed by atoms with Crippen molar-refractivity contribution in [3.8, 4) is 0 Å². The van der Waals surface area contributed by atoms with Crippen molar-refractivity contribution in [1.29, 1.82) is 0 Å². The summed E-state index contributed by atoms with van der Waals surface area (Å²) < 4.78 is 6.11. The number of nitrogens with zero attached hydrogens (tertiary/aromatic N) is 1. The number of hydrogen-bond acceptors (Lipinski definition) is 3. The van der Waals surface area contributed by atoms with Crippen molar-refractivity contribution < 1.29 is 19.4 Å². The second kappa shape index (κ2) is 5.87. The second-order valence-corrected chi connectivity index (χ2v) is 11.8. The molecule has 1 rings (SSSR count). The minimum Gasteiger partial charge on any atom is -0.465 e. The number of hydrogen-bond donors (Lipinski definition) is 2. The number of carbonyl (C=O) groups is 1. The molecule has 0 spiro atoms. The molecule has 1 aliphatic rings. The third-order valence-corrected chi connectivity index (χ3v) is 8.92. The summed E-state index contributed by atoms with van der Waals surface area (Å²) in [5.41, 5.74) is 0.811. The van der Waals surface area contributed by atoms with Gasteiger partial charge < -0.3 is 14.6 Å². The van der Waals surface area contributed by atoms with Crippen LogP contribution in [-0.2, 0) is 4.43 Å². The molecule has 2 atom stereocenters. The Hall–Kier alpha value is -0.853. The fourth-order valence-electron chi connectivity index (χ4n) is 1.84. The van der Waals surface area contributed by atoms with Gasteiger partial charge >= 0.3 is 6.09 Å². The molecule has 1 amide bonds. The van der Waals surface area contributed by atoms with Gasteiger partial charge in [-0.2, -0.15) is 0 Å². The van der Waals surface area contributed by atoms with Crippen LogP contribution in [0, 0.1) is 0 Å². The first kappa shape index (κ1) is 17.2. The molecule has 1 heterocycles. The zero-order valence-corrected chi connectivity index (χ0v) is 14.3. The van der Waals surface area contributed by atoms with Crippen LogP contribution in [0.1, 0.15) is 27.7 Å². The largest absolute Gasteiger partial charge is 0.465 e. The molecular weight excluding hydrogens is 274 g/mol. The summed E-state index contributed by atoms with van der Waals surface area (Å²) in [4.78, 5) is 12.5. The Morgan fingerprint density at radius 3 is 2.50 bits per heavy atom. The van der Waals surface area contributed by atoms with E-state index in [-0.39, 0.29) is 17.6 Å². The maximum Gasteiger partial charge on any atom is 0.407 e. The van der Waals surface area contributed by atoms with Crippen LogP contribution in [0.3, 0.4) is 0 Å². The van der Waals surface area contributed by atoms with Crippen LogP contribution in [0.25, 0.3) is 0 Å². The average Bonchev–Trinajstić information content (AvgIpc) is 2.28. The molecule has 2 N–H and O–H groups in total. The highest BCUT2D eigenvalue weighted by molar-refractivity contribution is 6.74. The van der Waals surface area contributed by atoms with Crippen LogP contribution < -0.4 is 0 Å². The van der Waals surface area contributed by atoms with E-state index in [1.807, 2.05) is 6.92 Å². The van der Waals surface area contributed by atoms with Crippen LogP contribution in [0.15, 0.2) is 11.6 Å². The summed E-state index contributed by atoms with van der Waals surface area (Å²) in [5.74, 6) is 0. The summed E-state index contributed by atoms with van der Waals surface area (Å²) in [6.45, 7) is 13.0. The highest BCUT2D eigenvalue weighted by atomic mass is 28.4. The Morgan fingerprint density at radius 2 is 2.05 bits per heavy atom. The fraction of sp³-hybridized carbons (Fsp3) is 0.786. The smallest absolute Gasteiger partial charge is 0.407 e. The standard InChI is InChI=1S/C14H27NO4Si/c1-10-7-11(15(13(17)18)8-12(10)16)9-19-20(5,6)14(2,3)4/h7,11-12,16H,8-9H2,1-6H3,(H,17,18)/t11-,12+/m0/s1. The Kier molecular flexibility index (Phi) is 5.05. The van der Waals surface area contributed by atoms with Gasteiger partial charge in [-0.05, 0) is 30.6 Å². The molecule has 0 unspecified atom stereocenters. The number of amides is 1. The van der Waals surface area contributed by atoms with E-state index in [9.17, 15) is 15.0 Å². The molecule has 6 heteroatoms. The fourth-order valence-corrected chi connectivity index (χ4v) is 2.86. The Morgan fingerprint density at radius 1 is 1.50 bits per heavy atom. The van der Waals surface area contributed by atoms with Crippen LogP contribution in [-0.4, -0.2) is 54.8 Å². The molecule has 0 saturated heterocycles. The molecule has 0 aromatic rings.